The molecule has 3 heterocycles. The first kappa shape index (κ1) is 39.5. The third kappa shape index (κ3) is 8.22. The van der Waals surface area contributed by atoms with Gasteiger partial charge >= 0.3 is 0 Å². The number of aromatic nitrogens is 3. The highest BCUT2D eigenvalue weighted by molar-refractivity contribution is 7.92. The van der Waals surface area contributed by atoms with Gasteiger partial charge in [-0.1, -0.05) is 43.7 Å². The Morgan fingerprint density at radius 2 is 1.69 bits per heavy atom. The molecule has 0 bridgehead atoms. The maximum atomic E-state index is 14.8. The number of primary amides is 1. The largest absolute Gasteiger partial charge is 0.384 e. The third-order valence-electron chi connectivity index (χ3n) is 11.6. The van der Waals surface area contributed by atoms with Crippen LogP contribution in [0.25, 0.3) is 0 Å². The standard InChI is InChI=1S/C37H51N7O9S/c1-36(2,50)30-21-39-42-44(30)25-20-29(34(48)41-37(31(45)32(38)46)15-17-53-18-16-37)43(22-25)35(49)28(19-23-7-4-3-5-8-23)40-33(47)24-11-13-27(14-12-24)54(51,52)26-9-6-10-26/h11-14,21,23,25-26,28-29,50H,3-10,15-20,22H2,1-2H3,(H2,38,46)(H,40,47)(H,41,48)/t25?,28-,29?/m1/s1. The first-order chi connectivity index (χ1) is 25.6. The van der Waals surface area contributed by atoms with Crippen molar-refractivity contribution in [1.82, 2.24) is 30.5 Å². The van der Waals surface area contributed by atoms with Gasteiger partial charge in [-0.15, -0.1) is 5.10 Å². The van der Waals surface area contributed by atoms with Crippen LogP contribution in [0.1, 0.15) is 113 Å². The Morgan fingerprint density at radius 1 is 1.02 bits per heavy atom. The number of carbonyl (C=O) groups excluding carboxylic acids is 5. The number of likely N-dealkylation sites (tertiary alicyclic amines) is 1. The Kier molecular flexibility index (Phi) is 11.6. The number of nitrogens with one attached hydrogen (secondary N) is 2. The first-order valence-corrected chi connectivity index (χ1v) is 20.5. The number of hydrogen-bond donors (Lipinski definition) is 4. The number of hydrogen-bond acceptors (Lipinski definition) is 11. The van der Waals surface area contributed by atoms with E-state index in [0.717, 1.165) is 38.5 Å². The van der Waals surface area contributed by atoms with Crippen molar-refractivity contribution in [3.8, 4) is 0 Å². The van der Waals surface area contributed by atoms with E-state index in [-0.39, 0.29) is 55.4 Å². The maximum absolute atomic E-state index is 14.8. The summed E-state index contributed by atoms with van der Waals surface area (Å²) in [6.07, 6.45) is 8.65. The lowest BCUT2D eigenvalue weighted by atomic mass is 9.84. The van der Waals surface area contributed by atoms with E-state index in [0.29, 0.717) is 25.0 Å². The Labute approximate surface area is 314 Å². The number of benzene rings is 1. The lowest BCUT2D eigenvalue weighted by molar-refractivity contribution is -0.147. The van der Waals surface area contributed by atoms with Gasteiger partial charge in [0.1, 0.15) is 23.2 Å². The second kappa shape index (κ2) is 15.9. The minimum atomic E-state index is -3.50. The molecule has 4 fully saturated rings. The Hall–Kier alpha value is -4.22. The topological polar surface area (TPSA) is 233 Å². The minimum absolute atomic E-state index is 0.0116. The highest BCUT2D eigenvalue weighted by Gasteiger charge is 2.49. The average molecular weight is 770 g/mol. The summed E-state index contributed by atoms with van der Waals surface area (Å²) in [5, 5.41) is 24.3. The number of nitrogens with two attached hydrogens (primary N) is 1. The molecule has 2 saturated heterocycles. The monoisotopic (exact) mass is 769 g/mol. The molecule has 0 radical (unpaired) electrons. The summed E-state index contributed by atoms with van der Waals surface area (Å²) in [7, 11) is -3.50. The lowest BCUT2D eigenvalue weighted by Gasteiger charge is -2.37. The van der Waals surface area contributed by atoms with Gasteiger partial charge in [0.25, 0.3) is 11.8 Å². The van der Waals surface area contributed by atoms with E-state index in [1.54, 1.807) is 13.8 Å². The molecule has 17 heteroatoms. The van der Waals surface area contributed by atoms with E-state index in [1.165, 1.54) is 40.0 Å². The zero-order valence-electron chi connectivity index (χ0n) is 30.9. The number of ether oxygens (including phenoxy) is 1. The molecular weight excluding hydrogens is 719 g/mol. The quantitative estimate of drug-likeness (QED) is 0.213. The van der Waals surface area contributed by atoms with Gasteiger partial charge in [0.2, 0.25) is 17.6 Å². The van der Waals surface area contributed by atoms with E-state index >= 15 is 0 Å². The molecular formula is C37H51N7O9S. The molecule has 0 spiro atoms. The van der Waals surface area contributed by atoms with Crippen molar-refractivity contribution in [3.63, 3.8) is 0 Å². The van der Waals surface area contributed by atoms with Gasteiger partial charge in [0.05, 0.1) is 28.1 Å². The van der Waals surface area contributed by atoms with Gasteiger partial charge in [-0.2, -0.15) is 0 Å². The third-order valence-corrected chi connectivity index (χ3v) is 13.9. The van der Waals surface area contributed by atoms with Crippen LogP contribution in [-0.4, -0.2) is 105 Å². The SMILES string of the molecule is CC(C)(O)c1cnnn1C1CC(C(=O)NC2(C(=O)C(N)=O)CCOCC2)N(C(=O)[C@@H](CC2CCCCC2)NC(=O)c2ccc(S(=O)(=O)C3CCC3)cc2)C1. The summed E-state index contributed by atoms with van der Waals surface area (Å²) < 4.78 is 32.8. The van der Waals surface area contributed by atoms with Gasteiger partial charge in [-0.25, -0.2) is 13.1 Å². The normalized spacial score (nSPS) is 22.9. The molecule has 5 N–H and O–H groups in total. The number of rotatable bonds is 13. The van der Waals surface area contributed by atoms with E-state index in [1.807, 2.05) is 0 Å². The van der Waals surface area contributed by atoms with Crippen molar-refractivity contribution in [3.05, 3.63) is 41.7 Å². The summed E-state index contributed by atoms with van der Waals surface area (Å²) in [4.78, 5) is 69.7. The molecule has 6 rings (SSSR count). The number of ketones is 1. The number of carbonyl (C=O) groups is 5. The van der Waals surface area contributed by atoms with E-state index in [2.05, 4.69) is 20.9 Å². The van der Waals surface area contributed by atoms with Gasteiger partial charge in [0, 0.05) is 44.6 Å². The number of sulfone groups is 1. The van der Waals surface area contributed by atoms with Crippen LogP contribution in [0.2, 0.25) is 0 Å². The fourth-order valence-corrected chi connectivity index (χ4v) is 10.1. The molecule has 294 valence electrons. The minimum Gasteiger partial charge on any atom is -0.384 e. The molecule has 2 unspecified atom stereocenters. The second-order valence-electron chi connectivity index (χ2n) is 15.8. The summed E-state index contributed by atoms with van der Waals surface area (Å²) in [6.45, 7) is 3.31. The molecule has 1 aromatic carbocycles. The maximum Gasteiger partial charge on any atom is 0.287 e. The van der Waals surface area contributed by atoms with Crippen LogP contribution in [0.15, 0.2) is 35.4 Å². The summed E-state index contributed by atoms with van der Waals surface area (Å²) in [5.74, 6) is -3.80. The van der Waals surface area contributed by atoms with Gasteiger partial charge < -0.3 is 31.1 Å². The zero-order chi connectivity index (χ0) is 38.8. The lowest BCUT2D eigenvalue weighted by Crippen LogP contribution is -2.64. The molecule has 2 aliphatic heterocycles. The number of aliphatic hydroxyl groups is 1. The molecule has 4 amide bonds. The van der Waals surface area contributed by atoms with Crippen LogP contribution in [-0.2, 0) is 39.4 Å². The number of Topliss-reactive ketones (excluding diaryl/α,β-unsaturated/α-hetero) is 1. The molecule has 3 atom stereocenters. The predicted molar refractivity (Wildman–Crippen MR) is 193 cm³/mol. The van der Waals surface area contributed by atoms with Crippen molar-refractivity contribution in [2.24, 2.45) is 11.7 Å². The van der Waals surface area contributed by atoms with Crippen LogP contribution >= 0.6 is 0 Å². The van der Waals surface area contributed by atoms with Crippen molar-refractivity contribution >= 4 is 39.2 Å². The average Bonchev–Trinajstić information content (AvgIpc) is 3.79. The summed E-state index contributed by atoms with van der Waals surface area (Å²) >= 11 is 0. The highest BCUT2D eigenvalue weighted by Crippen LogP contribution is 2.35. The van der Waals surface area contributed by atoms with Crippen LogP contribution in [0.5, 0.6) is 0 Å². The molecule has 2 saturated carbocycles. The zero-order valence-corrected chi connectivity index (χ0v) is 31.7. The summed E-state index contributed by atoms with van der Waals surface area (Å²) in [5.41, 5.74) is 2.99. The van der Waals surface area contributed by atoms with Crippen molar-refractivity contribution in [1.29, 1.82) is 0 Å². The van der Waals surface area contributed by atoms with E-state index in [4.69, 9.17) is 10.5 Å². The Morgan fingerprint density at radius 3 is 2.28 bits per heavy atom. The van der Waals surface area contributed by atoms with E-state index in [9.17, 15) is 37.5 Å². The molecule has 2 aliphatic carbocycles. The molecule has 16 nitrogen and oxygen atoms in total. The van der Waals surface area contributed by atoms with Gasteiger partial charge in [0.15, 0.2) is 9.84 Å². The van der Waals surface area contributed by atoms with Gasteiger partial charge in [-0.05, 0) is 63.3 Å². The summed E-state index contributed by atoms with van der Waals surface area (Å²) in [6, 6.07) is 2.88. The Balaban J connectivity index is 1.30. The Bertz CT molecular complexity index is 1840. The van der Waals surface area contributed by atoms with Crippen molar-refractivity contribution in [2.45, 2.75) is 130 Å². The highest BCUT2D eigenvalue weighted by atomic mass is 32.2. The van der Waals surface area contributed by atoms with Crippen molar-refractivity contribution < 1.29 is 42.2 Å². The fourth-order valence-electron chi connectivity index (χ4n) is 8.21. The second-order valence-corrected chi connectivity index (χ2v) is 18.0. The molecule has 54 heavy (non-hydrogen) atoms. The molecule has 2 aromatic rings. The van der Waals surface area contributed by atoms with Gasteiger partial charge in [-0.3, -0.25) is 24.0 Å². The smallest absolute Gasteiger partial charge is 0.287 e. The van der Waals surface area contributed by atoms with Crippen LogP contribution < -0.4 is 16.4 Å². The van der Waals surface area contributed by atoms with Crippen LogP contribution in [0.4, 0.5) is 0 Å². The van der Waals surface area contributed by atoms with Crippen molar-refractivity contribution in [2.75, 3.05) is 19.8 Å². The predicted octanol–water partition coefficient (Wildman–Crippen LogP) is 1.46. The van der Waals surface area contributed by atoms with E-state index < -0.39 is 73.8 Å². The van der Waals surface area contributed by atoms with Crippen LogP contribution in [0, 0.1) is 5.92 Å². The molecule has 1 aromatic heterocycles. The first-order valence-electron chi connectivity index (χ1n) is 18.9. The number of nitrogens with zero attached hydrogens (tertiary/aromatic N) is 4. The number of amides is 4. The fraction of sp³-hybridized carbons (Fsp3) is 0.649. The molecule has 4 aliphatic rings. The van der Waals surface area contributed by atoms with Crippen LogP contribution in [0.3, 0.4) is 0 Å².